The molecule has 0 spiro atoms. The molecule has 0 aromatic rings. The molecular weight excluding hydrogens is 1390 g/mol. The third-order valence-corrected chi connectivity index (χ3v) is 23.2. The van der Waals surface area contributed by atoms with E-state index in [1.54, 1.807) is 0 Å². The molecule has 636 valence electrons. The molecule has 107 heavy (non-hydrogen) atoms. The standard InChI is InChI=1S/C88H172O17P2/c1-9-80(7)66-58-50-42-36-30-24-18-13-11-12-14-19-25-32-38-44-54-63-71-88(93)105-84(75-99-86(91)69-61-53-47-46-51-59-67-81(8)10-2)77-103-107(96,97)101-73-82(89)72-100-106(94,95)102-76-83(74-98-85(90)68-60-52-43-37-31-27-21-23-29-35-41-49-57-65-79(5)6)104-87(92)70-62-55-45-39-33-26-20-16-15-17-22-28-34-40-48-56-64-78(3)4/h78-84,89H,9-77H2,1-8H3,(H,94,95)(H,96,97)/t80?,81?,82-,83-,84-/m1/s1. The molecule has 0 aliphatic heterocycles. The zero-order valence-electron chi connectivity index (χ0n) is 70.8. The molecule has 0 bridgehead atoms. The second kappa shape index (κ2) is 76.7. The number of carbonyl (C=O) groups is 4. The quantitative estimate of drug-likeness (QED) is 0.0222. The van der Waals surface area contributed by atoms with Crippen LogP contribution in [0.5, 0.6) is 0 Å². The summed E-state index contributed by atoms with van der Waals surface area (Å²) in [7, 11) is -9.93. The Balaban J connectivity index is 5.21. The van der Waals surface area contributed by atoms with Crippen molar-refractivity contribution >= 4 is 39.5 Å². The first-order valence-corrected chi connectivity index (χ1v) is 48.3. The summed E-state index contributed by atoms with van der Waals surface area (Å²) in [6, 6.07) is 0. The fourth-order valence-corrected chi connectivity index (χ4v) is 15.2. The third kappa shape index (κ3) is 79.1. The van der Waals surface area contributed by atoms with Gasteiger partial charge in [0.2, 0.25) is 0 Å². The Bertz CT molecular complexity index is 2080. The molecule has 0 aliphatic rings. The number of phosphoric acid groups is 2. The number of ether oxygens (including phenoxy) is 4. The fraction of sp³-hybridized carbons (Fsp3) is 0.955. The number of unbranched alkanes of at least 4 members (excludes halogenated alkanes) is 49. The van der Waals surface area contributed by atoms with E-state index < -0.39 is 97.5 Å². The molecule has 4 unspecified atom stereocenters. The molecule has 0 aromatic heterocycles. The van der Waals surface area contributed by atoms with Crippen molar-refractivity contribution in [1.82, 2.24) is 0 Å². The lowest BCUT2D eigenvalue weighted by molar-refractivity contribution is -0.161. The Morgan fingerprint density at radius 3 is 0.664 bits per heavy atom. The van der Waals surface area contributed by atoms with E-state index in [4.69, 9.17) is 37.0 Å². The van der Waals surface area contributed by atoms with Gasteiger partial charge in [-0.15, -0.1) is 0 Å². The number of hydrogen-bond donors (Lipinski definition) is 3. The number of esters is 4. The van der Waals surface area contributed by atoms with Crippen LogP contribution in [-0.2, 0) is 65.4 Å². The van der Waals surface area contributed by atoms with E-state index in [1.807, 2.05) is 0 Å². The molecule has 17 nitrogen and oxygen atoms in total. The summed E-state index contributed by atoms with van der Waals surface area (Å²) in [5.74, 6) is 1.10. The first-order valence-electron chi connectivity index (χ1n) is 45.3. The van der Waals surface area contributed by atoms with Crippen LogP contribution in [0.3, 0.4) is 0 Å². The Morgan fingerprint density at radius 1 is 0.262 bits per heavy atom. The van der Waals surface area contributed by atoms with E-state index in [0.717, 1.165) is 120 Å². The minimum absolute atomic E-state index is 0.107. The lowest BCUT2D eigenvalue weighted by atomic mass is 9.99. The van der Waals surface area contributed by atoms with Gasteiger partial charge in [-0.3, -0.25) is 37.3 Å². The Kier molecular flexibility index (Phi) is 75.3. The maximum Gasteiger partial charge on any atom is 0.472 e. The summed E-state index contributed by atoms with van der Waals surface area (Å²) < 4.78 is 68.9. The normalized spacial score (nSPS) is 14.4. The third-order valence-electron chi connectivity index (χ3n) is 21.3. The van der Waals surface area contributed by atoms with E-state index in [9.17, 15) is 43.2 Å². The van der Waals surface area contributed by atoms with Gasteiger partial charge in [0, 0.05) is 25.7 Å². The predicted octanol–water partition coefficient (Wildman–Crippen LogP) is 26.7. The van der Waals surface area contributed by atoms with E-state index in [2.05, 4.69) is 55.4 Å². The second-order valence-corrected chi connectivity index (χ2v) is 36.0. The molecule has 0 aliphatic carbocycles. The Morgan fingerprint density at radius 2 is 0.449 bits per heavy atom. The lowest BCUT2D eigenvalue weighted by Gasteiger charge is -2.21. The van der Waals surface area contributed by atoms with Crippen molar-refractivity contribution in [2.75, 3.05) is 39.6 Å². The molecule has 0 amide bonds. The van der Waals surface area contributed by atoms with Crippen LogP contribution in [0, 0.1) is 23.7 Å². The van der Waals surface area contributed by atoms with Crippen LogP contribution in [0.2, 0.25) is 0 Å². The maximum atomic E-state index is 13.1. The molecular formula is C88H172O17P2. The van der Waals surface area contributed by atoms with Gasteiger partial charge >= 0.3 is 39.5 Å². The molecule has 0 heterocycles. The van der Waals surface area contributed by atoms with E-state index in [1.165, 1.54) is 257 Å². The average Bonchev–Trinajstić information content (AvgIpc) is 0.900. The second-order valence-electron chi connectivity index (χ2n) is 33.1. The number of phosphoric ester groups is 2. The average molecular weight is 1560 g/mol. The number of hydrogen-bond acceptors (Lipinski definition) is 15. The molecule has 0 saturated carbocycles. The zero-order chi connectivity index (χ0) is 78.8. The maximum absolute atomic E-state index is 13.1. The van der Waals surface area contributed by atoms with Crippen molar-refractivity contribution in [1.29, 1.82) is 0 Å². The van der Waals surface area contributed by atoms with Gasteiger partial charge in [-0.25, -0.2) is 9.13 Å². The van der Waals surface area contributed by atoms with Crippen molar-refractivity contribution in [2.24, 2.45) is 23.7 Å². The first kappa shape index (κ1) is 105. The topological polar surface area (TPSA) is 237 Å². The smallest absolute Gasteiger partial charge is 0.462 e. The molecule has 0 radical (unpaired) electrons. The van der Waals surface area contributed by atoms with Gasteiger partial charge in [-0.1, -0.05) is 409 Å². The lowest BCUT2D eigenvalue weighted by Crippen LogP contribution is -2.30. The van der Waals surface area contributed by atoms with Gasteiger partial charge < -0.3 is 33.8 Å². The highest BCUT2D eigenvalue weighted by molar-refractivity contribution is 7.47. The van der Waals surface area contributed by atoms with E-state index in [0.29, 0.717) is 25.7 Å². The van der Waals surface area contributed by atoms with Crippen LogP contribution in [0.25, 0.3) is 0 Å². The monoisotopic (exact) mass is 1560 g/mol. The number of aliphatic hydroxyl groups is 1. The molecule has 0 aromatic carbocycles. The van der Waals surface area contributed by atoms with Crippen molar-refractivity contribution in [3.8, 4) is 0 Å². The molecule has 0 fully saturated rings. The number of aliphatic hydroxyl groups excluding tert-OH is 1. The summed E-state index contributed by atoms with van der Waals surface area (Å²) in [4.78, 5) is 73.3. The van der Waals surface area contributed by atoms with E-state index >= 15 is 0 Å². The predicted molar refractivity (Wildman–Crippen MR) is 441 cm³/mol. The van der Waals surface area contributed by atoms with Crippen molar-refractivity contribution in [2.45, 2.75) is 478 Å². The summed E-state index contributed by atoms with van der Waals surface area (Å²) in [5.41, 5.74) is 0. The SMILES string of the molecule is CCC(C)CCCCCCCCCCCCCCCCCCCCC(=O)O[C@H](COC(=O)CCCCCCCCC(C)CC)COP(=O)(O)OC[C@H](O)COP(=O)(O)OC[C@@H](COC(=O)CCCCCCCCCCCCCCCC(C)C)OC(=O)CCCCCCCCCCCCCCCCCCC(C)C. The Hall–Kier alpha value is -1.94. The largest absolute Gasteiger partial charge is 0.472 e. The molecule has 0 saturated heterocycles. The highest BCUT2D eigenvalue weighted by atomic mass is 31.2. The van der Waals surface area contributed by atoms with Crippen molar-refractivity contribution in [3.63, 3.8) is 0 Å². The van der Waals surface area contributed by atoms with Crippen LogP contribution < -0.4 is 0 Å². The summed E-state index contributed by atoms with van der Waals surface area (Å²) in [6.45, 7) is 14.4. The van der Waals surface area contributed by atoms with Gasteiger partial charge in [-0.2, -0.15) is 0 Å². The summed E-state index contributed by atoms with van der Waals surface area (Å²) in [5, 5.41) is 10.7. The fourth-order valence-electron chi connectivity index (χ4n) is 13.6. The van der Waals surface area contributed by atoms with Crippen LogP contribution in [-0.4, -0.2) is 96.7 Å². The van der Waals surface area contributed by atoms with Gasteiger partial charge in [0.25, 0.3) is 0 Å². The van der Waals surface area contributed by atoms with Gasteiger partial charge in [0.15, 0.2) is 12.2 Å². The molecule has 0 rings (SSSR count). The van der Waals surface area contributed by atoms with Gasteiger partial charge in [0.1, 0.15) is 19.3 Å². The number of carbonyl (C=O) groups excluding carboxylic acids is 4. The van der Waals surface area contributed by atoms with Crippen LogP contribution >= 0.6 is 15.6 Å². The molecule has 3 N–H and O–H groups in total. The summed E-state index contributed by atoms with van der Waals surface area (Å²) in [6.07, 6.45) is 66.7. The minimum atomic E-state index is -4.97. The first-order chi connectivity index (χ1) is 51.7. The Labute approximate surface area is 658 Å². The minimum Gasteiger partial charge on any atom is -0.462 e. The highest BCUT2D eigenvalue weighted by Gasteiger charge is 2.31. The zero-order valence-corrected chi connectivity index (χ0v) is 72.6. The van der Waals surface area contributed by atoms with E-state index in [-0.39, 0.29) is 25.7 Å². The number of rotatable bonds is 85. The summed E-state index contributed by atoms with van der Waals surface area (Å²) >= 11 is 0. The van der Waals surface area contributed by atoms with Crippen molar-refractivity contribution in [3.05, 3.63) is 0 Å². The molecule has 19 heteroatoms. The van der Waals surface area contributed by atoms with Gasteiger partial charge in [-0.05, 0) is 49.4 Å². The molecule has 7 atom stereocenters. The van der Waals surface area contributed by atoms with Crippen LogP contribution in [0.4, 0.5) is 0 Å². The van der Waals surface area contributed by atoms with Crippen LogP contribution in [0.1, 0.15) is 460 Å². The highest BCUT2D eigenvalue weighted by Crippen LogP contribution is 2.45. The van der Waals surface area contributed by atoms with Crippen molar-refractivity contribution < 1.29 is 80.2 Å². The van der Waals surface area contributed by atoms with Gasteiger partial charge in [0.05, 0.1) is 26.4 Å². The van der Waals surface area contributed by atoms with Crippen LogP contribution in [0.15, 0.2) is 0 Å².